The van der Waals surface area contributed by atoms with Crippen molar-refractivity contribution in [1.82, 2.24) is 15.5 Å². The van der Waals surface area contributed by atoms with E-state index in [0.717, 1.165) is 0 Å². The second-order valence-electron chi connectivity index (χ2n) is 7.56. The first-order valence-electron chi connectivity index (χ1n) is 8.68. The number of rotatable bonds is 4. The number of hydrogen-bond donors (Lipinski definition) is 2. The van der Waals surface area contributed by atoms with Crippen LogP contribution in [-0.4, -0.2) is 54.1 Å². The highest BCUT2D eigenvalue weighted by Gasteiger charge is 2.35. The smallest absolute Gasteiger partial charge is 0.416 e. The van der Waals surface area contributed by atoms with Crippen LogP contribution in [0, 0.1) is 5.82 Å². The second-order valence-corrected chi connectivity index (χ2v) is 7.56. The summed E-state index contributed by atoms with van der Waals surface area (Å²) in [4.78, 5) is 37.0. The van der Waals surface area contributed by atoms with E-state index in [1.807, 2.05) is 0 Å². The number of carbonyl (C=O) groups excluding carboxylic acids is 3. The lowest BCUT2D eigenvalue weighted by Crippen LogP contribution is -2.62. The minimum absolute atomic E-state index is 0.230. The molecule has 0 saturated carbocycles. The summed E-state index contributed by atoms with van der Waals surface area (Å²) in [6.45, 7) is 5.12. The summed E-state index contributed by atoms with van der Waals surface area (Å²) in [6.07, 6.45) is -5.32. The van der Waals surface area contributed by atoms with Crippen molar-refractivity contribution in [2.24, 2.45) is 0 Å². The van der Waals surface area contributed by atoms with Crippen molar-refractivity contribution in [2.45, 2.75) is 38.6 Å². The number of benzene rings is 1. The number of hydrogen-bond acceptors (Lipinski definition) is 4. The number of nitrogens with one attached hydrogen (secondary N) is 2. The van der Waals surface area contributed by atoms with Crippen molar-refractivity contribution < 1.29 is 36.7 Å². The molecule has 0 spiro atoms. The van der Waals surface area contributed by atoms with Crippen LogP contribution in [0.25, 0.3) is 0 Å². The maximum atomic E-state index is 13.3. The van der Waals surface area contributed by atoms with Crippen LogP contribution in [0.5, 0.6) is 0 Å². The molecule has 1 fully saturated rings. The monoisotopic (exact) mass is 419 g/mol. The maximum Gasteiger partial charge on any atom is 0.416 e. The average Bonchev–Trinajstić information content (AvgIpc) is 2.52. The molecule has 1 heterocycles. The highest BCUT2D eigenvalue weighted by molar-refractivity contribution is 5.96. The molecule has 160 valence electrons. The summed E-state index contributed by atoms with van der Waals surface area (Å²) >= 11 is 0. The predicted molar refractivity (Wildman–Crippen MR) is 93.5 cm³/mol. The zero-order valence-corrected chi connectivity index (χ0v) is 16.0. The van der Waals surface area contributed by atoms with Crippen LogP contribution in [0.15, 0.2) is 18.2 Å². The van der Waals surface area contributed by atoms with E-state index >= 15 is 0 Å². The largest absolute Gasteiger partial charge is 0.444 e. The first-order valence-corrected chi connectivity index (χ1v) is 8.68. The number of nitrogens with zero attached hydrogens (tertiary/aromatic N) is 1. The first-order chi connectivity index (χ1) is 13.2. The number of halogens is 4. The Hall–Kier alpha value is -2.85. The summed E-state index contributed by atoms with van der Waals surface area (Å²) < 4.78 is 56.6. The van der Waals surface area contributed by atoms with Gasteiger partial charge in [-0.1, -0.05) is 0 Å². The van der Waals surface area contributed by atoms with Crippen LogP contribution >= 0.6 is 0 Å². The van der Waals surface area contributed by atoms with Crippen molar-refractivity contribution >= 4 is 17.9 Å². The van der Waals surface area contributed by atoms with E-state index in [-0.39, 0.29) is 25.2 Å². The van der Waals surface area contributed by atoms with E-state index in [2.05, 4.69) is 10.6 Å². The molecule has 0 radical (unpaired) electrons. The summed E-state index contributed by atoms with van der Waals surface area (Å²) in [5.41, 5.74) is -2.49. The molecule has 0 unspecified atom stereocenters. The van der Waals surface area contributed by atoms with Crippen LogP contribution in [0.4, 0.5) is 22.4 Å². The Bertz CT molecular complexity index is 799. The third kappa shape index (κ3) is 6.61. The third-order valence-electron chi connectivity index (χ3n) is 3.80. The summed E-state index contributed by atoms with van der Waals surface area (Å²) in [7, 11) is 0. The molecule has 1 aromatic rings. The second kappa shape index (κ2) is 8.26. The Morgan fingerprint density at radius 3 is 2.31 bits per heavy atom. The molecule has 0 aromatic heterocycles. The van der Waals surface area contributed by atoms with E-state index in [9.17, 15) is 31.9 Å². The van der Waals surface area contributed by atoms with Crippen LogP contribution in [0.2, 0.25) is 0 Å². The van der Waals surface area contributed by atoms with Gasteiger partial charge in [-0.2, -0.15) is 13.2 Å². The average molecular weight is 419 g/mol. The predicted octanol–water partition coefficient (Wildman–Crippen LogP) is 2.31. The van der Waals surface area contributed by atoms with Crippen molar-refractivity contribution in [3.05, 3.63) is 35.1 Å². The van der Waals surface area contributed by atoms with Gasteiger partial charge in [0.25, 0.3) is 5.91 Å². The molecule has 7 nitrogen and oxygen atoms in total. The quantitative estimate of drug-likeness (QED) is 0.734. The SMILES string of the molecule is CC(C)(C)OC(=O)N1CC(NC(=O)CNC(=O)c2cc(F)cc(C(F)(F)F)c2)C1. The van der Waals surface area contributed by atoms with E-state index in [1.165, 1.54) is 4.90 Å². The van der Waals surface area contributed by atoms with Gasteiger partial charge < -0.3 is 20.3 Å². The molecule has 0 atom stereocenters. The van der Waals surface area contributed by atoms with Gasteiger partial charge in [0, 0.05) is 18.7 Å². The van der Waals surface area contributed by atoms with Crippen molar-refractivity contribution in [3.8, 4) is 0 Å². The fourth-order valence-corrected chi connectivity index (χ4v) is 2.47. The topological polar surface area (TPSA) is 87.7 Å². The normalized spacial score (nSPS) is 14.8. The van der Waals surface area contributed by atoms with E-state index < -0.39 is 53.2 Å². The minimum Gasteiger partial charge on any atom is -0.444 e. The van der Waals surface area contributed by atoms with Crippen LogP contribution < -0.4 is 10.6 Å². The number of alkyl halides is 3. The molecule has 1 aliphatic rings. The van der Waals surface area contributed by atoms with Gasteiger partial charge in [0.2, 0.25) is 5.91 Å². The lowest BCUT2D eigenvalue weighted by atomic mass is 10.1. The number of ether oxygens (including phenoxy) is 1. The highest BCUT2D eigenvalue weighted by Crippen LogP contribution is 2.30. The van der Waals surface area contributed by atoms with Crippen molar-refractivity contribution in [3.63, 3.8) is 0 Å². The number of carbonyl (C=O) groups is 3. The lowest BCUT2D eigenvalue weighted by molar-refractivity contribution is -0.137. The number of likely N-dealkylation sites (tertiary alicyclic amines) is 1. The Morgan fingerprint density at radius 1 is 1.14 bits per heavy atom. The molecule has 11 heteroatoms. The Labute approximate surface area is 164 Å². The van der Waals surface area contributed by atoms with Crippen molar-refractivity contribution in [1.29, 1.82) is 0 Å². The molecular weight excluding hydrogens is 398 g/mol. The summed E-state index contributed by atoms with van der Waals surface area (Å²) in [5, 5.41) is 4.69. The summed E-state index contributed by atoms with van der Waals surface area (Å²) in [6, 6.07) is 1.09. The Kier molecular flexibility index (Phi) is 6.39. The lowest BCUT2D eigenvalue weighted by Gasteiger charge is -2.39. The van der Waals surface area contributed by atoms with Gasteiger partial charge in [0.15, 0.2) is 0 Å². The zero-order valence-electron chi connectivity index (χ0n) is 16.0. The molecule has 0 aliphatic carbocycles. The van der Waals surface area contributed by atoms with E-state index in [1.54, 1.807) is 20.8 Å². The molecular formula is C18H21F4N3O4. The number of amides is 3. The molecule has 29 heavy (non-hydrogen) atoms. The molecule has 0 bridgehead atoms. The summed E-state index contributed by atoms with van der Waals surface area (Å²) in [5.74, 6) is -2.83. The van der Waals surface area contributed by atoms with Gasteiger partial charge in [0.05, 0.1) is 18.2 Å². The molecule has 1 aliphatic heterocycles. The first kappa shape index (κ1) is 22.4. The van der Waals surface area contributed by atoms with Gasteiger partial charge in [-0.25, -0.2) is 9.18 Å². The Morgan fingerprint density at radius 2 is 1.76 bits per heavy atom. The van der Waals surface area contributed by atoms with Gasteiger partial charge in [-0.3, -0.25) is 9.59 Å². The third-order valence-corrected chi connectivity index (χ3v) is 3.80. The van der Waals surface area contributed by atoms with E-state index in [4.69, 9.17) is 4.74 Å². The fraction of sp³-hybridized carbons (Fsp3) is 0.500. The molecule has 1 aromatic carbocycles. The molecule has 1 saturated heterocycles. The van der Waals surface area contributed by atoms with Crippen molar-refractivity contribution in [2.75, 3.05) is 19.6 Å². The van der Waals surface area contributed by atoms with Gasteiger partial charge in [-0.05, 0) is 39.0 Å². The fourth-order valence-electron chi connectivity index (χ4n) is 2.47. The molecule has 2 rings (SSSR count). The highest BCUT2D eigenvalue weighted by atomic mass is 19.4. The van der Waals surface area contributed by atoms with Crippen LogP contribution in [-0.2, 0) is 15.7 Å². The molecule has 2 N–H and O–H groups in total. The Balaban J connectivity index is 1.80. The van der Waals surface area contributed by atoms with Gasteiger partial charge in [-0.15, -0.1) is 0 Å². The van der Waals surface area contributed by atoms with Gasteiger partial charge >= 0.3 is 12.3 Å². The zero-order chi connectivity index (χ0) is 22.0. The van der Waals surface area contributed by atoms with Crippen LogP contribution in [0.3, 0.4) is 0 Å². The molecule has 3 amide bonds. The maximum absolute atomic E-state index is 13.3. The standard InChI is InChI=1S/C18H21F4N3O4/c1-17(2,3)29-16(28)25-8-13(9-25)24-14(26)7-23-15(27)10-4-11(18(20,21)22)6-12(19)5-10/h4-6,13H,7-9H2,1-3H3,(H,23,27)(H,24,26). The van der Waals surface area contributed by atoms with E-state index in [0.29, 0.717) is 12.1 Å². The van der Waals surface area contributed by atoms with Gasteiger partial charge in [0.1, 0.15) is 11.4 Å². The minimum atomic E-state index is -4.81. The van der Waals surface area contributed by atoms with Crippen LogP contribution in [0.1, 0.15) is 36.7 Å².